The SMILES string of the molecule is C=CCNCC(=O)NC1CCC(C)C1C. The maximum absolute atomic E-state index is 11.5. The zero-order valence-electron chi connectivity index (χ0n) is 9.75. The normalized spacial score (nSPS) is 30.1. The third kappa shape index (κ3) is 3.67. The Morgan fingerprint density at radius 3 is 2.73 bits per heavy atom. The van der Waals surface area contributed by atoms with Crippen LogP contribution in [-0.4, -0.2) is 25.0 Å². The molecule has 3 unspecified atom stereocenters. The standard InChI is InChI=1S/C12H22N2O/c1-4-7-13-8-12(15)14-11-6-5-9(2)10(11)3/h4,9-11,13H,1,5-8H2,2-3H3,(H,14,15). The molecule has 15 heavy (non-hydrogen) atoms. The highest BCUT2D eigenvalue weighted by atomic mass is 16.1. The Morgan fingerprint density at radius 1 is 1.47 bits per heavy atom. The molecule has 1 rings (SSSR count). The summed E-state index contributed by atoms with van der Waals surface area (Å²) in [6, 6.07) is 0.373. The van der Waals surface area contributed by atoms with E-state index in [0.29, 0.717) is 25.0 Å². The molecule has 0 spiro atoms. The molecule has 0 aliphatic heterocycles. The van der Waals surface area contributed by atoms with Crippen molar-refractivity contribution in [3.05, 3.63) is 12.7 Å². The fourth-order valence-corrected chi connectivity index (χ4v) is 2.11. The molecule has 1 fully saturated rings. The predicted octanol–water partition coefficient (Wildman–Crippen LogP) is 1.31. The van der Waals surface area contributed by atoms with Gasteiger partial charge in [0.2, 0.25) is 5.91 Å². The second-order valence-corrected chi connectivity index (χ2v) is 4.51. The van der Waals surface area contributed by atoms with E-state index in [0.717, 1.165) is 12.3 Å². The number of carbonyl (C=O) groups is 1. The third-order valence-corrected chi connectivity index (χ3v) is 3.39. The van der Waals surface area contributed by atoms with Crippen molar-refractivity contribution in [2.75, 3.05) is 13.1 Å². The zero-order valence-corrected chi connectivity index (χ0v) is 9.75. The lowest BCUT2D eigenvalue weighted by Gasteiger charge is -2.19. The molecule has 86 valence electrons. The van der Waals surface area contributed by atoms with Crippen molar-refractivity contribution in [3.8, 4) is 0 Å². The van der Waals surface area contributed by atoms with Crippen LogP contribution >= 0.6 is 0 Å². The molecular weight excluding hydrogens is 188 g/mol. The van der Waals surface area contributed by atoms with Crippen molar-refractivity contribution < 1.29 is 4.79 Å². The second kappa shape index (κ2) is 5.91. The van der Waals surface area contributed by atoms with E-state index in [1.54, 1.807) is 6.08 Å². The number of rotatable bonds is 5. The fourth-order valence-electron chi connectivity index (χ4n) is 2.11. The largest absolute Gasteiger partial charge is 0.352 e. The van der Waals surface area contributed by atoms with Gasteiger partial charge < -0.3 is 10.6 Å². The van der Waals surface area contributed by atoms with E-state index >= 15 is 0 Å². The van der Waals surface area contributed by atoms with Gasteiger partial charge in [-0.25, -0.2) is 0 Å². The maximum Gasteiger partial charge on any atom is 0.234 e. The molecule has 1 aliphatic carbocycles. The summed E-state index contributed by atoms with van der Waals surface area (Å²) >= 11 is 0. The van der Waals surface area contributed by atoms with E-state index in [1.807, 2.05) is 0 Å². The molecule has 0 saturated heterocycles. The molecule has 3 heteroatoms. The van der Waals surface area contributed by atoms with Gasteiger partial charge >= 0.3 is 0 Å². The van der Waals surface area contributed by atoms with Gasteiger partial charge in [0.05, 0.1) is 6.54 Å². The van der Waals surface area contributed by atoms with Crippen LogP contribution in [0.1, 0.15) is 26.7 Å². The molecular formula is C12H22N2O. The van der Waals surface area contributed by atoms with Crippen molar-refractivity contribution in [1.29, 1.82) is 0 Å². The average molecular weight is 210 g/mol. The van der Waals surface area contributed by atoms with Crippen LogP contribution in [0.4, 0.5) is 0 Å². The Morgan fingerprint density at radius 2 is 2.20 bits per heavy atom. The number of nitrogens with one attached hydrogen (secondary N) is 2. The van der Waals surface area contributed by atoms with Crippen LogP contribution in [0.5, 0.6) is 0 Å². The summed E-state index contributed by atoms with van der Waals surface area (Å²) in [6.45, 7) is 9.14. The first-order valence-corrected chi connectivity index (χ1v) is 5.76. The molecule has 0 radical (unpaired) electrons. The Labute approximate surface area is 92.3 Å². The van der Waals surface area contributed by atoms with E-state index in [4.69, 9.17) is 0 Å². The average Bonchev–Trinajstić information content (AvgIpc) is 2.50. The summed E-state index contributed by atoms with van der Waals surface area (Å²) in [7, 11) is 0. The van der Waals surface area contributed by atoms with Gasteiger partial charge in [-0.1, -0.05) is 19.9 Å². The molecule has 0 bridgehead atoms. The topological polar surface area (TPSA) is 41.1 Å². The van der Waals surface area contributed by atoms with Gasteiger partial charge in [-0.15, -0.1) is 6.58 Å². The van der Waals surface area contributed by atoms with Gasteiger partial charge in [-0.05, 0) is 24.7 Å². The van der Waals surface area contributed by atoms with Crippen LogP contribution < -0.4 is 10.6 Å². The second-order valence-electron chi connectivity index (χ2n) is 4.51. The lowest BCUT2D eigenvalue weighted by atomic mass is 9.98. The zero-order chi connectivity index (χ0) is 11.3. The van der Waals surface area contributed by atoms with Crippen LogP contribution in [0, 0.1) is 11.8 Å². The summed E-state index contributed by atoms with van der Waals surface area (Å²) in [4.78, 5) is 11.5. The molecule has 0 aromatic rings. The van der Waals surface area contributed by atoms with E-state index in [2.05, 4.69) is 31.1 Å². The van der Waals surface area contributed by atoms with E-state index in [-0.39, 0.29) is 5.91 Å². The van der Waals surface area contributed by atoms with Crippen LogP contribution in [0.2, 0.25) is 0 Å². The first kappa shape index (κ1) is 12.2. The summed E-state index contributed by atoms with van der Waals surface area (Å²) in [5, 5.41) is 6.09. The molecule has 0 heterocycles. The first-order valence-electron chi connectivity index (χ1n) is 5.76. The summed E-state index contributed by atoms with van der Waals surface area (Å²) in [5.74, 6) is 1.44. The van der Waals surface area contributed by atoms with Crippen molar-refractivity contribution in [2.24, 2.45) is 11.8 Å². The number of amides is 1. The van der Waals surface area contributed by atoms with Crippen LogP contribution in [0.15, 0.2) is 12.7 Å². The highest BCUT2D eigenvalue weighted by Gasteiger charge is 2.30. The predicted molar refractivity (Wildman–Crippen MR) is 62.6 cm³/mol. The molecule has 2 N–H and O–H groups in total. The van der Waals surface area contributed by atoms with E-state index < -0.39 is 0 Å². The first-order chi connectivity index (χ1) is 7.15. The Bertz CT molecular complexity index is 228. The molecule has 0 aromatic carbocycles. The smallest absolute Gasteiger partial charge is 0.234 e. The van der Waals surface area contributed by atoms with Gasteiger partial charge in [-0.3, -0.25) is 4.79 Å². The Balaban J connectivity index is 2.23. The molecule has 0 aromatic heterocycles. The fraction of sp³-hybridized carbons (Fsp3) is 0.750. The minimum atomic E-state index is 0.0998. The van der Waals surface area contributed by atoms with Crippen molar-refractivity contribution in [2.45, 2.75) is 32.7 Å². The van der Waals surface area contributed by atoms with Crippen molar-refractivity contribution in [1.82, 2.24) is 10.6 Å². The van der Waals surface area contributed by atoms with Gasteiger partial charge in [0.1, 0.15) is 0 Å². The monoisotopic (exact) mass is 210 g/mol. The van der Waals surface area contributed by atoms with Crippen molar-refractivity contribution in [3.63, 3.8) is 0 Å². The maximum atomic E-state index is 11.5. The number of hydrogen-bond acceptors (Lipinski definition) is 2. The molecule has 1 saturated carbocycles. The minimum absolute atomic E-state index is 0.0998. The van der Waals surface area contributed by atoms with Gasteiger partial charge in [0.15, 0.2) is 0 Å². The molecule has 3 nitrogen and oxygen atoms in total. The van der Waals surface area contributed by atoms with E-state index in [1.165, 1.54) is 6.42 Å². The van der Waals surface area contributed by atoms with Gasteiger partial charge in [0, 0.05) is 12.6 Å². The van der Waals surface area contributed by atoms with Gasteiger partial charge in [0.25, 0.3) is 0 Å². The highest BCUT2D eigenvalue weighted by Crippen LogP contribution is 2.30. The molecule has 1 aliphatic rings. The van der Waals surface area contributed by atoms with Gasteiger partial charge in [-0.2, -0.15) is 0 Å². The van der Waals surface area contributed by atoms with Crippen LogP contribution in [-0.2, 0) is 4.79 Å². The highest BCUT2D eigenvalue weighted by molar-refractivity contribution is 5.78. The summed E-state index contributed by atoms with van der Waals surface area (Å²) in [6.07, 6.45) is 4.11. The number of carbonyl (C=O) groups excluding carboxylic acids is 1. The van der Waals surface area contributed by atoms with Crippen LogP contribution in [0.25, 0.3) is 0 Å². The lowest BCUT2D eigenvalue weighted by molar-refractivity contribution is -0.121. The molecule has 1 amide bonds. The van der Waals surface area contributed by atoms with Crippen molar-refractivity contribution >= 4 is 5.91 Å². The third-order valence-electron chi connectivity index (χ3n) is 3.39. The Kier molecular flexibility index (Phi) is 4.82. The minimum Gasteiger partial charge on any atom is -0.352 e. The van der Waals surface area contributed by atoms with E-state index in [9.17, 15) is 4.79 Å². The quantitative estimate of drug-likeness (QED) is 0.530. The number of hydrogen-bond donors (Lipinski definition) is 2. The lowest BCUT2D eigenvalue weighted by Crippen LogP contribution is -2.42. The summed E-state index contributed by atoms with van der Waals surface area (Å²) < 4.78 is 0. The summed E-state index contributed by atoms with van der Waals surface area (Å²) in [5.41, 5.74) is 0. The molecule has 3 atom stereocenters. The Hall–Kier alpha value is -0.830. The van der Waals surface area contributed by atoms with Crippen LogP contribution in [0.3, 0.4) is 0 Å².